The molecule has 0 saturated carbocycles. The molecule has 8 heteroatoms. The molecule has 0 radical (unpaired) electrons. The van der Waals surface area contributed by atoms with E-state index in [4.69, 9.17) is 21.1 Å². The third kappa shape index (κ3) is 3.40. The van der Waals surface area contributed by atoms with Crippen LogP contribution in [0.4, 0.5) is 5.69 Å². The minimum atomic E-state index is -0.542. The van der Waals surface area contributed by atoms with Crippen LogP contribution < -0.4 is 19.7 Å². The number of imide groups is 1. The largest absolute Gasteiger partial charge is 0.486 e. The molecule has 3 aromatic rings. The molecule has 2 aliphatic rings. The van der Waals surface area contributed by atoms with Gasteiger partial charge in [0.05, 0.1) is 18.2 Å². The van der Waals surface area contributed by atoms with Crippen LogP contribution in [0.5, 0.6) is 11.5 Å². The van der Waals surface area contributed by atoms with Crippen molar-refractivity contribution in [3.8, 4) is 11.5 Å². The monoisotopic (exact) mass is 425 g/mol. The Morgan fingerprint density at radius 3 is 2.80 bits per heavy atom. The van der Waals surface area contributed by atoms with Gasteiger partial charge in [-0.2, -0.15) is 0 Å². The van der Waals surface area contributed by atoms with Crippen LogP contribution in [-0.4, -0.2) is 42.6 Å². The molecule has 3 heterocycles. The predicted octanol–water partition coefficient (Wildman–Crippen LogP) is 3.06. The fourth-order valence-corrected chi connectivity index (χ4v) is 4.14. The molecular weight excluding hydrogens is 406 g/mol. The number of halogens is 1. The van der Waals surface area contributed by atoms with Gasteiger partial charge in [0.1, 0.15) is 13.2 Å². The zero-order valence-corrected chi connectivity index (χ0v) is 16.9. The highest BCUT2D eigenvalue weighted by Gasteiger charge is 2.39. The van der Waals surface area contributed by atoms with E-state index in [1.807, 2.05) is 24.4 Å². The van der Waals surface area contributed by atoms with E-state index < -0.39 is 6.04 Å². The van der Waals surface area contributed by atoms with Gasteiger partial charge in [0, 0.05) is 34.7 Å². The molecule has 0 aliphatic carbocycles. The van der Waals surface area contributed by atoms with E-state index in [1.54, 1.807) is 18.2 Å². The van der Waals surface area contributed by atoms with Gasteiger partial charge in [-0.3, -0.25) is 9.59 Å². The molecule has 1 unspecified atom stereocenters. The van der Waals surface area contributed by atoms with Gasteiger partial charge in [-0.25, -0.2) is 4.90 Å². The van der Waals surface area contributed by atoms with Gasteiger partial charge >= 0.3 is 0 Å². The predicted molar refractivity (Wildman–Crippen MR) is 113 cm³/mol. The Labute approximate surface area is 177 Å². The summed E-state index contributed by atoms with van der Waals surface area (Å²) in [5.74, 6) is 0.693. The van der Waals surface area contributed by atoms with Crippen LogP contribution in [0.1, 0.15) is 12.0 Å². The van der Waals surface area contributed by atoms with E-state index in [-0.39, 0.29) is 18.2 Å². The summed E-state index contributed by atoms with van der Waals surface area (Å²) in [5.41, 5.74) is 2.64. The molecule has 0 bridgehead atoms. The van der Waals surface area contributed by atoms with Gasteiger partial charge < -0.3 is 19.8 Å². The zero-order valence-electron chi connectivity index (χ0n) is 16.1. The van der Waals surface area contributed by atoms with E-state index in [2.05, 4.69) is 10.3 Å². The smallest absolute Gasteiger partial charge is 0.251 e. The third-order valence-corrected chi connectivity index (χ3v) is 5.68. The van der Waals surface area contributed by atoms with E-state index >= 15 is 0 Å². The lowest BCUT2D eigenvalue weighted by molar-refractivity contribution is -0.121. The molecule has 1 aromatic heterocycles. The van der Waals surface area contributed by atoms with Crippen molar-refractivity contribution in [2.45, 2.75) is 18.9 Å². The molecule has 2 amide bonds. The number of aromatic nitrogens is 1. The average molecular weight is 426 g/mol. The normalized spacial score (nSPS) is 18.4. The van der Waals surface area contributed by atoms with Crippen LogP contribution in [0.25, 0.3) is 10.9 Å². The molecule has 7 nitrogen and oxygen atoms in total. The van der Waals surface area contributed by atoms with Crippen molar-refractivity contribution in [2.75, 3.05) is 24.7 Å². The fourth-order valence-electron chi connectivity index (χ4n) is 3.97. The van der Waals surface area contributed by atoms with Crippen LogP contribution in [-0.2, 0) is 16.0 Å². The van der Waals surface area contributed by atoms with Gasteiger partial charge in [0.25, 0.3) is 5.91 Å². The number of amides is 2. The highest BCUT2D eigenvalue weighted by molar-refractivity contribution is 6.31. The van der Waals surface area contributed by atoms with Crippen molar-refractivity contribution in [2.24, 2.45) is 0 Å². The zero-order chi connectivity index (χ0) is 20.7. The molecular formula is C22H20ClN3O4. The van der Waals surface area contributed by atoms with Gasteiger partial charge in [0.15, 0.2) is 11.5 Å². The van der Waals surface area contributed by atoms with Crippen LogP contribution >= 0.6 is 11.6 Å². The first-order valence-electron chi connectivity index (χ1n) is 9.85. The van der Waals surface area contributed by atoms with Crippen molar-refractivity contribution >= 4 is 40.0 Å². The minimum absolute atomic E-state index is 0.132. The summed E-state index contributed by atoms with van der Waals surface area (Å²) < 4.78 is 11.1. The van der Waals surface area contributed by atoms with Crippen molar-refractivity contribution < 1.29 is 19.1 Å². The SMILES string of the molecule is O=C1CC(NCCc2c[nH]c3ccc(Cl)cc23)C(=O)N1c1ccc2c(c1)OCCO2. The number of aromatic amines is 1. The maximum atomic E-state index is 12.9. The fraction of sp³-hybridized carbons (Fsp3) is 0.273. The number of benzene rings is 2. The Balaban J connectivity index is 1.26. The topological polar surface area (TPSA) is 83.7 Å². The molecule has 154 valence electrons. The Bertz CT molecular complexity index is 1140. The number of hydrogen-bond donors (Lipinski definition) is 2. The lowest BCUT2D eigenvalue weighted by Crippen LogP contribution is -2.39. The summed E-state index contributed by atoms with van der Waals surface area (Å²) in [4.78, 5) is 29.9. The second-order valence-electron chi connectivity index (χ2n) is 7.36. The lowest BCUT2D eigenvalue weighted by Gasteiger charge is -2.21. The molecule has 5 rings (SSSR count). The van der Waals surface area contributed by atoms with Gasteiger partial charge in [0.2, 0.25) is 5.91 Å². The Hall–Kier alpha value is -3.03. The van der Waals surface area contributed by atoms with E-state index in [1.165, 1.54) is 4.90 Å². The molecule has 1 saturated heterocycles. The van der Waals surface area contributed by atoms with Gasteiger partial charge in [-0.05, 0) is 42.3 Å². The molecule has 1 fully saturated rings. The molecule has 2 aliphatic heterocycles. The summed E-state index contributed by atoms with van der Waals surface area (Å²) in [6.07, 6.45) is 2.79. The van der Waals surface area contributed by atoms with Crippen molar-refractivity contribution in [1.29, 1.82) is 0 Å². The Morgan fingerprint density at radius 1 is 1.10 bits per heavy atom. The number of hydrogen-bond acceptors (Lipinski definition) is 5. The maximum Gasteiger partial charge on any atom is 0.251 e. The van der Waals surface area contributed by atoms with E-state index in [0.717, 1.165) is 16.5 Å². The van der Waals surface area contributed by atoms with Crippen LogP contribution in [0.3, 0.4) is 0 Å². The van der Waals surface area contributed by atoms with Crippen molar-refractivity contribution in [3.63, 3.8) is 0 Å². The summed E-state index contributed by atoms with van der Waals surface area (Å²) in [6.45, 7) is 1.50. The Morgan fingerprint density at radius 2 is 1.93 bits per heavy atom. The second kappa shape index (κ2) is 7.66. The number of H-pyrrole nitrogens is 1. The van der Waals surface area contributed by atoms with Crippen LogP contribution in [0, 0.1) is 0 Å². The average Bonchev–Trinajstić information content (AvgIpc) is 3.27. The Kier molecular flexibility index (Phi) is 4.84. The number of nitrogens with zero attached hydrogens (tertiary/aromatic N) is 1. The number of fused-ring (bicyclic) bond motifs is 2. The molecule has 1 atom stereocenters. The van der Waals surface area contributed by atoms with Crippen LogP contribution in [0.15, 0.2) is 42.6 Å². The number of carbonyl (C=O) groups is 2. The third-order valence-electron chi connectivity index (χ3n) is 5.45. The summed E-state index contributed by atoms with van der Waals surface area (Å²) >= 11 is 6.10. The quantitative estimate of drug-likeness (QED) is 0.614. The molecule has 2 aromatic carbocycles. The van der Waals surface area contributed by atoms with Gasteiger partial charge in [-0.15, -0.1) is 0 Å². The summed E-state index contributed by atoms with van der Waals surface area (Å²) in [6, 6.07) is 10.3. The molecule has 2 N–H and O–H groups in total. The highest BCUT2D eigenvalue weighted by Crippen LogP contribution is 2.35. The van der Waals surface area contributed by atoms with Crippen LogP contribution in [0.2, 0.25) is 5.02 Å². The number of ether oxygens (including phenoxy) is 2. The number of rotatable bonds is 5. The lowest BCUT2D eigenvalue weighted by atomic mass is 10.1. The van der Waals surface area contributed by atoms with E-state index in [9.17, 15) is 9.59 Å². The number of carbonyl (C=O) groups excluding carboxylic acids is 2. The first-order valence-corrected chi connectivity index (χ1v) is 10.2. The number of anilines is 1. The maximum absolute atomic E-state index is 12.9. The summed E-state index contributed by atoms with van der Waals surface area (Å²) in [7, 11) is 0. The van der Waals surface area contributed by atoms with Crippen molar-refractivity contribution in [1.82, 2.24) is 10.3 Å². The highest BCUT2D eigenvalue weighted by atomic mass is 35.5. The minimum Gasteiger partial charge on any atom is -0.486 e. The molecule has 0 spiro atoms. The molecule has 30 heavy (non-hydrogen) atoms. The standard InChI is InChI=1S/C22H20ClN3O4/c23-14-1-3-17-16(9-14)13(12-25-17)5-6-24-18-11-21(27)26(22(18)28)15-2-4-19-20(10-15)30-8-7-29-19/h1-4,9-10,12,18,24-25H,5-8,11H2. The summed E-state index contributed by atoms with van der Waals surface area (Å²) in [5, 5.41) is 4.98. The number of nitrogens with one attached hydrogen (secondary N) is 2. The first-order chi connectivity index (χ1) is 14.6. The van der Waals surface area contributed by atoms with Crippen molar-refractivity contribution in [3.05, 3.63) is 53.2 Å². The van der Waals surface area contributed by atoms with Gasteiger partial charge in [-0.1, -0.05) is 11.6 Å². The second-order valence-corrected chi connectivity index (χ2v) is 7.80. The first kappa shape index (κ1) is 19.0. The van der Waals surface area contributed by atoms with E-state index in [0.29, 0.717) is 48.4 Å².